The summed E-state index contributed by atoms with van der Waals surface area (Å²) >= 11 is 0. The standard InChI is InChI=1S/C21H22N4O4/c1-13-11-18(20(26)23-14-5-7-15(27-2)8-6-14)25-21(22-13)24-17-12-16(28-3)9-10-19(17)29-4/h5-12H,1-4H3,(H,23,26)(H,22,24,25). The van der Waals surface area contributed by atoms with E-state index < -0.39 is 0 Å². The van der Waals surface area contributed by atoms with Gasteiger partial charge in [0.2, 0.25) is 5.95 Å². The maximum Gasteiger partial charge on any atom is 0.274 e. The van der Waals surface area contributed by atoms with Gasteiger partial charge in [-0.2, -0.15) is 0 Å². The SMILES string of the molecule is COc1ccc(NC(=O)c2cc(C)nc(Nc3cc(OC)ccc3OC)n2)cc1. The zero-order valence-electron chi connectivity index (χ0n) is 16.6. The number of carbonyl (C=O) groups is 1. The molecule has 1 amide bonds. The monoisotopic (exact) mass is 394 g/mol. The first-order chi connectivity index (χ1) is 14.0. The molecule has 8 nitrogen and oxygen atoms in total. The van der Waals surface area contributed by atoms with E-state index in [1.54, 1.807) is 76.8 Å². The number of hydrogen-bond donors (Lipinski definition) is 2. The molecule has 0 aliphatic carbocycles. The summed E-state index contributed by atoms with van der Waals surface area (Å²) in [7, 11) is 4.73. The van der Waals surface area contributed by atoms with Crippen molar-refractivity contribution in [3.05, 3.63) is 59.9 Å². The van der Waals surface area contributed by atoms with E-state index in [0.717, 1.165) is 0 Å². The molecule has 0 radical (unpaired) electrons. The van der Waals surface area contributed by atoms with Crippen LogP contribution in [0, 0.1) is 6.92 Å². The zero-order chi connectivity index (χ0) is 20.8. The van der Waals surface area contributed by atoms with Gasteiger partial charge < -0.3 is 24.8 Å². The van der Waals surface area contributed by atoms with Crippen molar-refractivity contribution < 1.29 is 19.0 Å². The van der Waals surface area contributed by atoms with Gasteiger partial charge in [0.15, 0.2) is 0 Å². The van der Waals surface area contributed by atoms with Gasteiger partial charge in [-0.05, 0) is 49.4 Å². The lowest BCUT2D eigenvalue weighted by Gasteiger charge is -2.13. The van der Waals surface area contributed by atoms with E-state index in [4.69, 9.17) is 14.2 Å². The third-order valence-electron chi connectivity index (χ3n) is 4.09. The van der Waals surface area contributed by atoms with Crippen LogP contribution in [0.3, 0.4) is 0 Å². The molecule has 0 unspecified atom stereocenters. The molecule has 2 N–H and O–H groups in total. The number of benzene rings is 2. The van der Waals surface area contributed by atoms with Crippen LogP contribution in [0.5, 0.6) is 17.2 Å². The highest BCUT2D eigenvalue weighted by molar-refractivity contribution is 6.03. The van der Waals surface area contributed by atoms with Gasteiger partial charge in [0.05, 0.1) is 27.0 Å². The van der Waals surface area contributed by atoms with Crippen LogP contribution in [0.25, 0.3) is 0 Å². The third kappa shape index (κ3) is 4.92. The average Bonchev–Trinajstić information content (AvgIpc) is 2.73. The summed E-state index contributed by atoms with van der Waals surface area (Å²) in [6.07, 6.45) is 0. The van der Waals surface area contributed by atoms with E-state index in [9.17, 15) is 4.79 Å². The molecule has 29 heavy (non-hydrogen) atoms. The summed E-state index contributed by atoms with van der Waals surface area (Å²) < 4.78 is 15.7. The van der Waals surface area contributed by atoms with Crippen LogP contribution in [0.2, 0.25) is 0 Å². The van der Waals surface area contributed by atoms with Crippen molar-refractivity contribution in [1.29, 1.82) is 0 Å². The fourth-order valence-electron chi connectivity index (χ4n) is 2.64. The first-order valence-electron chi connectivity index (χ1n) is 8.82. The van der Waals surface area contributed by atoms with E-state index >= 15 is 0 Å². The van der Waals surface area contributed by atoms with E-state index in [2.05, 4.69) is 20.6 Å². The van der Waals surface area contributed by atoms with Gasteiger partial charge in [0.25, 0.3) is 5.91 Å². The van der Waals surface area contributed by atoms with E-state index in [-0.39, 0.29) is 17.5 Å². The first-order valence-corrected chi connectivity index (χ1v) is 8.82. The number of ether oxygens (including phenoxy) is 3. The number of nitrogens with one attached hydrogen (secondary N) is 2. The quantitative estimate of drug-likeness (QED) is 0.629. The normalized spacial score (nSPS) is 10.2. The van der Waals surface area contributed by atoms with Crippen molar-refractivity contribution in [1.82, 2.24) is 9.97 Å². The summed E-state index contributed by atoms with van der Waals surface area (Å²) in [5.41, 5.74) is 2.14. The van der Waals surface area contributed by atoms with Gasteiger partial charge in [0, 0.05) is 17.4 Å². The second-order valence-corrected chi connectivity index (χ2v) is 6.09. The van der Waals surface area contributed by atoms with Crippen LogP contribution in [-0.2, 0) is 0 Å². The molecule has 0 saturated carbocycles. The molecule has 0 saturated heterocycles. The van der Waals surface area contributed by atoms with Crippen molar-refractivity contribution in [3.63, 3.8) is 0 Å². The Balaban J connectivity index is 1.83. The molecule has 1 aromatic heterocycles. The molecule has 0 spiro atoms. The van der Waals surface area contributed by atoms with Gasteiger partial charge in [-0.15, -0.1) is 0 Å². The van der Waals surface area contributed by atoms with E-state index in [0.29, 0.717) is 34.3 Å². The van der Waals surface area contributed by atoms with Crippen LogP contribution in [0.15, 0.2) is 48.5 Å². The highest BCUT2D eigenvalue weighted by Crippen LogP contribution is 2.30. The Morgan fingerprint density at radius 3 is 2.21 bits per heavy atom. The van der Waals surface area contributed by atoms with Crippen LogP contribution in [0.4, 0.5) is 17.3 Å². The Morgan fingerprint density at radius 1 is 0.862 bits per heavy atom. The smallest absolute Gasteiger partial charge is 0.274 e. The lowest BCUT2D eigenvalue weighted by Crippen LogP contribution is -2.15. The van der Waals surface area contributed by atoms with Gasteiger partial charge in [0.1, 0.15) is 22.9 Å². The van der Waals surface area contributed by atoms with Gasteiger partial charge in [-0.3, -0.25) is 4.79 Å². The molecular weight excluding hydrogens is 372 g/mol. The number of anilines is 3. The lowest BCUT2D eigenvalue weighted by molar-refractivity contribution is 0.102. The maximum atomic E-state index is 12.6. The Labute approximate surface area is 168 Å². The van der Waals surface area contributed by atoms with Crippen LogP contribution >= 0.6 is 0 Å². The molecule has 0 aliphatic rings. The number of aryl methyl sites for hydroxylation is 1. The Bertz CT molecular complexity index is 1010. The van der Waals surface area contributed by atoms with E-state index in [1.165, 1.54) is 0 Å². The fraction of sp³-hybridized carbons (Fsp3) is 0.190. The third-order valence-corrected chi connectivity index (χ3v) is 4.09. The number of rotatable bonds is 7. The molecule has 0 atom stereocenters. The minimum absolute atomic E-state index is 0.234. The van der Waals surface area contributed by atoms with Crippen molar-refractivity contribution >= 4 is 23.2 Å². The first kappa shape index (κ1) is 19.9. The summed E-state index contributed by atoms with van der Waals surface area (Å²) in [6, 6.07) is 14.0. The molecule has 0 aliphatic heterocycles. The minimum Gasteiger partial charge on any atom is -0.497 e. The highest BCUT2D eigenvalue weighted by Gasteiger charge is 2.13. The largest absolute Gasteiger partial charge is 0.497 e. The average molecular weight is 394 g/mol. The summed E-state index contributed by atoms with van der Waals surface area (Å²) in [5, 5.41) is 5.90. The fourth-order valence-corrected chi connectivity index (χ4v) is 2.64. The van der Waals surface area contributed by atoms with Crippen molar-refractivity contribution in [3.8, 4) is 17.2 Å². The highest BCUT2D eigenvalue weighted by atomic mass is 16.5. The molecule has 2 aromatic carbocycles. The predicted molar refractivity (Wildman–Crippen MR) is 111 cm³/mol. The van der Waals surface area contributed by atoms with Crippen molar-refractivity contribution in [2.75, 3.05) is 32.0 Å². The van der Waals surface area contributed by atoms with Crippen LogP contribution < -0.4 is 24.8 Å². The number of carbonyl (C=O) groups excluding carboxylic acids is 1. The number of hydrogen-bond acceptors (Lipinski definition) is 7. The van der Waals surface area contributed by atoms with E-state index in [1.807, 2.05) is 0 Å². The number of methoxy groups -OCH3 is 3. The molecule has 150 valence electrons. The zero-order valence-corrected chi connectivity index (χ0v) is 16.6. The Morgan fingerprint density at radius 2 is 1.55 bits per heavy atom. The van der Waals surface area contributed by atoms with Crippen molar-refractivity contribution in [2.24, 2.45) is 0 Å². The van der Waals surface area contributed by atoms with Gasteiger partial charge in [-0.1, -0.05) is 0 Å². The number of amides is 1. The molecule has 1 heterocycles. The van der Waals surface area contributed by atoms with Gasteiger partial charge in [-0.25, -0.2) is 9.97 Å². The van der Waals surface area contributed by atoms with Crippen LogP contribution in [-0.4, -0.2) is 37.2 Å². The molecule has 8 heteroatoms. The topological polar surface area (TPSA) is 94.6 Å². The van der Waals surface area contributed by atoms with Gasteiger partial charge >= 0.3 is 0 Å². The number of aromatic nitrogens is 2. The van der Waals surface area contributed by atoms with Crippen LogP contribution in [0.1, 0.15) is 16.2 Å². The Hall–Kier alpha value is -3.81. The lowest BCUT2D eigenvalue weighted by atomic mass is 10.2. The predicted octanol–water partition coefficient (Wildman–Crippen LogP) is 3.81. The summed E-state index contributed by atoms with van der Waals surface area (Å²) in [5.74, 6) is 1.89. The maximum absolute atomic E-state index is 12.6. The summed E-state index contributed by atoms with van der Waals surface area (Å²) in [6.45, 7) is 1.79. The number of nitrogens with zero attached hydrogens (tertiary/aromatic N) is 2. The molecular formula is C21H22N4O4. The molecule has 3 rings (SSSR count). The second-order valence-electron chi connectivity index (χ2n) is 6.09. The summed E-state index contributed by atoms with van der Waals surface area (Å²) in [4.78, 5) is 21.3. The second kappa shape index (κ2) is 8.92. The van der Waals surface area contributed by atoms with Crippen molar-refractivity contribution in [2.45, 2.75) is 6.92 Å². The molecule has 0 fully saturated rings. The molecule has 0 bridgehead atoms. The Kier molecular flexibility index (Phi) is 6.13. The molecule has 3 aromatic rings. The minimum atomic E-state index is -0.346.